The van der Waals surface area contributed by atoms with Crippen LogP contribution in [0, 0.1) is 0 Å². The number of aryl methyl sites for hydroxylation is 1. The third-order valence-electron chi connectivity index (χ3n) is 3.73. The summed E-state index contributed by atoms with van der Waals surface area (Å²) in [6.45, 7) is 0.895. The van der Waals surface area contributed by atoms with Crippen molar-refractivity contribution < 1.29 is 4.79 Å². The quantitative estimate of drug-likeness (QED) is 0.826. The van der Waals surface area contributed by atoms with E-state index in [1.54, 1.807) is 6.20 Å². The molecule has 3 N–H and O–H groups in total. The summed E-state index contributed by atoms with van der Waals surface area (Å²) in [7, 11) is 0. The number of nitrogens with one attached hydrogen (secondary N) is 1. The van der Waals surface area contributed by atoms with Gasteiger partial charge in [-0.3, -0.25) is 9.78 Å². The number of pyridine rings is 1. The zero-order valence-electron chi connectivity index (χ0n) is 10.7. The van der Waals surface area contributed by atoms with Crippen LogP contribution in [0.4, 0.5) is 0 Å². The number of nitrogens with two attached hydrogens (primary N) is 1. The van der Waals surface area contributed by atoms with Gasteiger partial charge in [0.1, 0.15) is 0 Å². The zero-order chi connectivity index (χ0) is 12.8. The fraction of sp³-hybridized carbons (Fsp3) is 0.571. The predicted octanol–water partition coefficient (Wildman–Crippen LogP) is 1.40. The molecular weight excluding hydrogens is 226 g/mol. The SMILES string of the molecule is NC(=O)[C@]1(CCCc2ccccn2)CCCCN1. The number of amides is 1. The minimum Gasteiger partial charge on any atom is -0.368 e. The van der Waals surface area contributed by atoms with Gasteiger partial charge in [0, 0.05) is 11.9 Å². The second-order valence-corrected chi connectivity index (χ2v) is 5.00. The summed E-state index contributed by atoms with van der Waals surface area (Å²) < 4.78 is 0. The average Bonchev–Trinajstić information content (AvgIpc) is 2.41. The fourth-order valence-corrected chi connectivity index (χ4v) is 2.63. The Hall–Kier alpha value is -1.42. The number of primary amides is 1. The van der Waals surface area contributed by atoms with Crippen molar-refractivity contribution in [2.75, 3.05) is 6.54 Å². The molecule has 1 amide bonds. The molecule has 1 atom stereocenters. The van der Waals surface area contributed by atoms with Crippen molar-refractivity contribution in [1.82, 2.24) is 10.3 Å². The topological polar surface area (TPSA) is 68.0 Å². The number of nitrogens with zero attached hydrogens (tertiary/aromatic N) is 1. The number of carbonyl (C=O) groups is 1. The molecule has 0 bridgehead atoms. The Morgan fingerprint density at radius 1 is 1.44 bits per heavy atom. The molecule has 18 heavy (non-hydrogen) atoms. The molecule has 2 heterocycles. The van der Waals surface area contributed by atoms with Gasteiger partial charge in [0.05, 0.1) is 5.54 Å². The van der Waals surface area contributed by atoms with E-state index in [0.29, 0.717) is 0 Å². The average molecular weight is 247 g/mol. The van der Waals surface area contributed by atoms with Crippen molar-refractivity contribution in [2.24, 2.45) is 5.73 Å². The maximum Gasteiger partial charge on any atom is 0.237 e. The van der Waals surface area contributed by atoms with Gasteiger partial charge in [0.25, 0.3) is 0 Å². The Bertz CT molecular complexity index is 385. The number of hydrogen-bond acceptors (Lipinski definition) is 3. The highest BCUT2D eigenvalue weighted by Gasteiger charge is 2.36. The first-order valence-electron chi connectivity index (χ1n) is 6.68. The predicted molar refractivity (Wildman–Crippen MR) is 71.0 cm³/mol. The first-order valence-corrected chi connectivity index (χ1v) is 6.68. The summed E-state index contributed by atoms with van der Waals surface area (Å²) in [6.07, 6.45) is 7.53. The lowest BCUT2D eigenvalue weighted by molar-refractivity contribution is -0.125. The van der Waals surface area contributed by atoms with E-state index >= 15 is 0 Å². The Labute approximate surface area is 108 Å². The molecule has 0 saturated carbocycles. The lowest BCUT2D eigenvalue weighted by Gasteiger charge is -2.35. The van der Waals surface area contributed by atoms with E-state index in [0.717, 1.165) is 50.8 Å². The number of piperidine rings is 1. The molecule has 1 aliphatic heterocycles. The van der Waals surface area contributed by atoms with E-state index in [-0.39, 0.29) is 5.91 Å². The Balaban J connectivity index is 1.88. The van der Waals surface area contributed by atoms with Gasteiger partial charge in [-0.2, -0.15) is 0 Å². The number of rotatable bonds is 5. The highest BCUT2D eigenvalue weighted by molar-refractivity contribution is 5.84. The maximum atomic E-state index is 11.7. The van der Waals surface area contributed by atoms with Gasteiger partial charge in [-0.15, -0.1) is 0 Å². The highest BCUT2D eigenvalue weighted by Crippen LogP contribution is 2.24. The lowest BCUT2D eigenvalue weighted by atomic mass is 9.83. The first kappa shape index (κ1) is 13.0. The maximum absolute atomic E-state index is 11.7. The lowest BCUT2D eigenvalue weighted by Crippen LogP contribution is -2.57. The van der Waals surface area contributed by atoms with E-state index in [1.165, 1.54) is 0 Å². The normalized spacial score (nSPS) is 23.8. The van der Waals surface area contributed by atoms with E-state index < -0.39 is 5.54 Å². The van der Waals surface area contributed by atoms with Gasteiger partial charge in [-0.05, 0) is 57.2 Å². The molecule has 0 radical (unpaired) electrons. The smallest absolute Gasteiger partial charge is 0.237 e. The summed E-state index contributed by atoms with van der Waals surface area (Å²) in [4.78, 5) is 16.0. The largest absolute Gasteiger partial charge is 0.368 e. The molecule has 1 aliphatic rings. The molecule has 0 aliphatic carbocycles. The van der Waals surface area contributed by atoms with Gasteiger partial charge < -0.3 is 11.1 Å². The van der Waals surface area contributed by atoms with Gasteiger partial charge in [-0.25, -0.2) is 0 Å². The van der Waals surface area contributed by atoms with Crippen LogP contribution in [-0.2, 0) is 11.2 Å². The molecule has 1 fully saturated rings. The summed E-state index contributed by atoms with van der Waals surface area (Å²) in [5.41, 5.74) is 6.16. The summed E-state index contributed by atoms with van der Waals surface area (Å²) in [5, 5.41) is 3.32. The minimum absolute atomic E-state index is 0.205. The van der Waals surface area contributed by atoms with Crippen LogP contribution in [0.3, 0.4) is 0 Å². The summed E-state index contributed by atoms with van der Waals surface area (Å²) in [6, 6.07) is 5.92. The van der Waals surface area contributed by atoms with E-state index in [1.807, 2.05) is 18.2 Å². The van der Waals surface area contributed by atoms with Crippen molar-refractivity contribution in [1.29, 1.82) is 0 Å². The van der Waals surface area contributed by atoms with E-state index in [2.05, 4.69) is 10.3 Å². The van der Waals surface area contributed by atoms with Crippen LogP contribution in [0.5, 0.6) is 0 Å². The highest BCUT2D eigenvalue weighted by atomic mass is 16.1. The molecule has 0 aromatic carbocycles. The molecule has 98 valence electrons. The van der Waals surface area contributed by atoms with Gasteiger partial charge >= 0.3 is 0 Å². The molecule has 1 saturated heterocycles. The van der Waals surface area contributed by atoms with Crippen LogP contribution in [0.2, 0.25) is 0 Å². The van der Waals surface area contributed by atoms with Crippen LogP contribution in [0.1, 0.15) is 37.8 Å². The molecule has 1 aromatic rings. The second kappa shape index (κ2) is 5.96. The number of hydrogen-bond donors (Lipinski definition) is 2. The number of aromatic nitrogens is 1. The first-order chi connectivity index (χ1) is 8.73. The minimum atomic E-state index is -0.479. The summed E-state index contributed by atoms with van der Waals surface area (Å²) in [5.74, 6) is -0.205. The fourth-order valence-electron chi connectivity index (χ4n) is 2.63. The molecule has 0 spiro atoms. The van der Waals surface area contributed by atoms with Gasteiger partial charge in [-0.1, -0.05) is 6.07 Å². The van der Waals surface area contributed by atoms with Crippen molar-refractivity contribution in [3.63, 3.8) is 0 Å². The monoisotopic (exact) mass is 247 g/mol. The Kier molecular flexibility index (Phi) is 4.31. The van der Waals surface area contributed by atoms with E-state index in [9.17, 15) is 4.79 Å². The van der Waals surface area contributed by atoms with Crippen molar-refractivity contribution in [3.8, 4) is 0 Å². The van der Waals surface area contributed by atoms with Gasteiger partial charge in [0.15, 0.2) is 0 Å². The molecule has 4 heteroatoms. The summed E-state index contributed by atoms with van der Waals surface area (Å²) >= 11 is 0. The standard InChI is InChI=1S/C14H21N3O/c15-13(18)14(8-2-4-11-17-14)9-5-7-12-6-1-3-10-16-12/h1,3,6,10,17H,2,4-5,7-9,11H2,(H2,15,18)/t14-/m1/s1. The zero-order valence-corrected chi connectivity index (χ0v) is 10.7. The third kappa shape index (κ3) is 3.07. The number of carbonyl (C=O) groups excluding carboxylic acids is 1. The van der Waals surface area contributed by atoms with Gasteiger partial charge in [0.2, 0.25) is 5.91 Å². The van der Waals surface area contributed by atoms with Crippen molar-refractivity contribution in [3.05, 3.63) is 30.1 Å². The Morgan fingerprint density at radius 2 is 2.33 bits per heavy atom. The van der Waals surface area contributed by atoms with Crippen LogP contribution < -0.4 is 11.1 Å². The molecule has 4 nitrogen and oxygen atoms in total. The third-order valence-corrected chi connectivity index (χ3v) is 3.73. The van der Waals surface area contributed by atoms with Crippen LogP contribution in [0.15, 0.2) is 24.4 Å². The van der Waals surface area contributed by atoms with Crippen LogP contribution >= 0.6 is 0 Å². The molecule has 0 unspecified atom stereocenters. The molecule has 1 aromatic heterocycles. The van der Waals surface area contributed by atoms with Crippen molar-refractivity contribution >= 4 is 5.91 Å². The van der Waals surface area contributed by atoms with Crippen LogP contribution in [0.25, 0.3) is 0 Å². The van der Waals surface area contributed by atoms with Crippen molar-refractivity contribution in [2.45, 2.75) is 44.1 Å². The van der Waals surface area contributed by atoms with E-state index in [4.69, 9.17) is 5.73 Å². The molecular formula is C14H21N3O. The van der Waals surface area contributed by atoms with Crippen LogP contribution in [-0.4, -0.2) is 23.0 Å². The Morgan fingerprint density at radius 3 is 2.94 bits per heavy atom. The molecule has 2 rings (SSSR count). The second-order valence-electron chi connectivity index (χ2n) is 5.00.